The van der Waals surface area contributed by atoms with Crippen molar-refractivity contribution in [2.75, 3.05) is 26.2 Å². The van der Waals surface area contributed by atoms with Gasteiger partial charge in [-0.2, -0.15) is 0 Å². The van der Waals surface area contributed by atoms with Gasteiger partial charge in [0.1, 0.15) is 0 Å². The molecule has 0 spiro atoms. The molecule has 1 saturated heterocycles. The van der Waals surface area contributed by atoms with Gasteiger partial charge in [-0.1, -0.05) is 0 Å². The standard InChI is InChI=1S/C11H19N3OS/c1-3-12-4-2-11(1)15-6-5-13-7-10-8-16-9-14-10/h8-9,11-13H,1-7H2. The highest BCUT2D eigenvalue weighted by Gasteiger charge is 2.12. The maximum atomic E-state index is 5.78. The predicted molar refractivity (Wildman–Crippen MR) is 65.7 cm³/mol. The summed E-state index contributed by atoms with van der Waals surface area (Å²) in [7, 11) is 0. The second-order valence-electron chi connectivity index (χ2n) is 3.98. The smallest absolute Gasteiger partial charge is 0.0795 e. The van der Waals surface area contributed by atoms with Crippen molar-refractivity contribution < 1.29 is 4.74 Å². The van der Waals surface area contributed by atoms with E-state index in [2.05, 4.69) is 21.0 Å². The molecule has 0 atom stereocenters. The van der Waals surface area contributed by atoms with Crippen LogP contribution in [0.3, 0.4) is 0 Å². The van der Waals surface area contributed by atoms with E-state index in [1.807, 2.05) is 5.51 Å². The molecule has 1 aromatic rings. The third kappa shape index (κ3) is 4.17. The van der Waals surface area contributed by atoms with Crippen LogP contribution < -0.4 is 10.6 Å². The lowest BCUT2D eigenvalue weighted by Crippen LogP contribution is -2.33. The van der Waals surface area contributed by atoms with Crippen LogP contribution in [0.5, 0.6) is 0 Å². The van der Waals surface area contributed by atoms with Gasteiger partial charge in [-0.3, -0.25) is 0 Å². The molecule has 1 aliphatic heterocycles. The van der Waals surface area contributed by atoms with Crippen LogP contribution in [0, 0.1) is 0 Å². The zero-order chi connectivity index (χ0) is 11.1. The fourth-order valence-electron chi connectivity index (χ4n) is 1.80. The summed E-state index contributed by atoms with van der Waals surface area (Å²) in [5.74, 6) is 0. The molecule has 1 aliphatic rings. The topological polar surface area (TPSA) is 46.2 Å². The molecular weight excluding hydrogens is 222 g/mol. The number of nitrogens with zero attached hydrogens (tertiary/aromatic N) is 1. The summed E-state index contributed by atoms with van der Waals surface area (Å²) in [5.41, 5.74) is 2.98. The van der Waals surface area contributed by atoms with E-state index < -0.39 is 0 Å². The molecule has 0 amide bonds. The number of rotatable bonds is 6. The van der Waals surface area contributed by atoms with Crippen LogP contribution in [-0.4, -0.2) is 37.3 Å². The second-order valence-corrected chi connectivity index (χ2v) is 4.70. The van der Waals surface area contributed by atoms with Crippen molar-refractivity contribution in [2.24, 2.45) is 0 Å². The van der Waals surface area contributed by atoms with E-state index in [0.29, 0.717) is 6.10 Å². The molecule has 0 unspecified atom stereocenters. The third-order valence-electron chi connectivity index (χ3n) is 2.71. The Balaban J connectivity index is 1.48. The molecular formula is C11H19N3OS. The highest BCUT2D eigenvalue weighted by atomic mass is 32.1. The van der Waals surface area contributed by atoms with Gasteiger partial charge in [0.05, 0.1) is 23.9 Å². The minimum absolute atomic E-state index is 0.460. The Labute approximate surface area is 100 Å². The normalized spacial score (nSPS) is 17.8. The number of hydrogen-bond acceptors (Lipinski definition) is 5. The van der Waals surface area contributed by atoms with E-state index in [4.69, 9.17) is 4.74 Å². The van der Waals surface area contributed by atoms with Gasteiger partial charge in [0.15, 0.2) is 0 Å². The van der Waals surface area contributed by atoms with E-state index >= 15 is 0 Å². The highest BCUT2D eigenvalue weighted by molar-refractivity contribution is 7.07. The SMILES string of the molecule is c1nc(CNCCOC2CCNCC2)cs1. The second kappa shape index (κ2) is 6.96. The number of aromatic nitrogens is 1. The van der Waals surface area contributed by atoms with Crippen LogP contribution in [-0.2, 0) is 11.3 Å². The summed E-state index contributed by atoms with van der Waals surface area (Å²) in [6.45, 7) is 4.74. The van der Waals surface area contributed by atoms with Crippen molar-refractivity contribution in [1.82, 2.24) is 15.6 Å². The Morgan fingerprint density at radius 1 is 1.50 bits per heavy atom. The van der Waals surface area contributed by atoms with Crippen molar-refractivity contribution >= 4 is 11.3 Å². The minimum atomic E-state index is 0.460. The third-order valence-corrected chi connectivity index (χ3v) is 3.34. The summed E-state index contributed by atoms with van der Waals surface area (Å²) in [6.07, 6.45) is 2.75. The van der Waals surface area contributed by atoms with Crippen LogP contribution in [0.25, 0.3) is 0 Å². The molecule has 1 aromatic heterocycles. The Morgan fingerprint density at radius 2 is 2.38 bits per heavy atom. The quantitative estimate of drug-likeness (QED) is 0.730. The van der Waals surface area contributed by atoms with Gasteiger partial charge in [-0.15, -0.1) is 11.3 Å². The van der Waals surface area contributed by atoms with E-state index in [-0.39, 0.29) is 0 Å². The fraction of sp³-hybridized carbons (Fsp3) is 0.727. The summed E-state index contributed by atoms with van der Waals surface area (Å²) < 4.78 is 5.78. The average Bonchev–Trinajstić information content (AvgIpc) is 2.83. The van der Waals surface area contributed by atoms with E-state index in [1.54, 1.807) is 11.3 Å². The fourth-order valence-corrected chi connectivity index (χ4v) is 2.36. The van der Waals surface area contributed by atoms with Gasteiger partial charge >= 0.3 is 0 Å². The molecule has 0 aliphatic carbocycles. The van der Waals surface area contributed by atoms with Gasteiger partial charge in [0, 0.05) is 18.5 Å². The van der Waals surface area contributed by atoms with Crippen LogP contribution in [0.4, 0.5) is 0 Å². The zero-order valence-electron chi connectivity index (χ0n) is 9.45. The lowest BCUT2D eigenvalue weighted by Gasteiger charge is -2.22. The van der Waals surface area contributed by atoms with Crippen molar-refractivity contribution in [3.8, 4) is 0 Å². The number of nitrogens with one attached hydrogen (secondary N) is 2. The number of hydrogen-bond donors (Lipinski definition) is 2. The van der Waals surface area contributed by atoms with Gasteiger partial charge in [0.25, 0.3) is 0 Å². The molecule has 0 bridgehead atoms. The first-order valence-electron chi connectivity index (χ1n) is 5.85. The monoisotopic (exact) mass is 241 g/mol. The molecule has 16 heavy (non-hydrogen) atoms. The highest BCUT2D eigenvalue weighted by Crippen LogP contribution is 2.06. The van der Waals surface area contributed by atoms with Gasteiger partial charge in [-0.25, -0.2) is 4.98 Å². The van der Waals surface area contributed by atoms with Crippen molar-refractivity contribution in [3.05, 3.63) is 16.6 Å². The van der Waals surface area contributed by atoms with Gasteiger partial charge in [0.2, 0.25) is 0 Å². The molecule has 5 heteroatoms. The molecule has 0 aromatic carbocycles. The van der Waals surface area contributed by atoms with Crippen LogP contribution in [0.2, 0.25) is 0 Å². The van der Waals surface area contributed by atoms with Crippen LogP contribution >= 0.6 is 11.3 Å². The van der Waals surface area contributed by atoms with Gasteiger partial charge < -0.3 is 15.4 Å². The molecule has 0 radical (unpaired) electrons. The summed E-state index contributed by atoms with van der Waals surface area (Å²) in [5, 5.41) is 8.73. The summed E-state index contributed by atoms with van der Waals surface area (Å²) in [6, 6.07) is 0. The maximum Gasteiger partial charge on any atom is 0.0795 e. The lowest BCUT2D eigenvalue weighted by atomic mass is 10.1. The number of ether oxygens (including phenoxy) is 1. The number of thiazole rings is 1. The largest absolute Gasteiger partial charge is 0.377 e. The average molecular weight is 241 g/mol. The van der Waals surface area contributed by atoms with E-state index in [1.165, 1.54) is 0 Å². The van der Waals surface area contributed by atoms with Gasteiger partial charge in [-0.05, 0) is 25.9 Å². The Kier molecular flexibility index (Phi) is 5.21. The molecule has 2 N–H and O–H groups in total. The van der Waals surface area contributed by atoms with Crippen molar-refractivity contribution in [2.45, 2.75) is 25.5 Å². The minimum Gasteiger partial charge on any atom is -0.377 e. The van der Waals surface area contributed by atoms with E-state index in [0.717, 1.165) is 51.3 Å². The van der Waals surface area contributed by atoms with E-state index in [9.17, 15) is 0 Å². The Morgan fingerprint density at radius 3 is 3.12 bits per heavy atom. The zero-order valence-corrected chi connectivity index (χ0v) is 10.3. The Bertz CT molecular complexity index is 273. The predicted octanol–water partition coefficient (Wildman–Crippen LogP) is 1.00. The molecule has 1 fully saturated rings. The van der Waals surface area contributed by atoms with Crippen molar-refractivity contribution in [1.29, 1.82) is 0 Å². The number of piperidine rings is 1. The molecule has 4 nitrogen and oxygen atoms in total. The first-order chi connectivity index (χ1) is 7.95. The molecule has 2 rings (SSSR count). The molecule has 2 heterocycles. The Hall–Kier alpha value is -0.490. The first kappa shape index (κ1) is 12.0. The summed E-state index contributed by atoms with van der Waals surface area (Å²) in [4.78, 5) is 4.21. The van der Waals surface area contributed by atoms with Crippen LogP contribution in [0.1, 0.15) is 18.5 Å². The molecule has 0 saturated carbocycles. The maximum absolute atomic E-state index is 5.78. The van der Waals surface area contributed by atoms with Crippen LogP contribution in [0.15, 0.2) is 10.9 Å². The summed E-state index contributed by atoms with van der Waals surface area (Å²) >= 11 is 1.64. The first-order valence-corrected chi connectivity index (χ1v) is 6.79. The lowest BCUT2D eigenvalue weighted by molar-refractivity contribution is 0.0347. The molecule has 90 valence electrons. The van der Waals surface area contributed by atoms with Crippen molar-refractivity contribution in [3.63, 3.8) is 0 Å².